The van der Waals surface area contributed by atoms with Gasteiger partial charge in [0.25, 0.3) is 0 Å². The van der Waals surface area contributed by atoms with E-state index in [4.69, 9.17) is 0 Å². The van der Waals surface area contributed by atoms with E-state index in [1.54, 1.807) is 0 Å². The van der Waals surface area contributed by atoms with Crippen LogP contribution in [-0.2, 0) is 5.41 Å². The van der Waals surface area contributed by atoms with Gasteiger partial charge < -0.3 is 0 Å². The highest BCUT2D eigenvalue weighted by molar-refractivity contribution is 5.26. The molecule has 0 saturated heterocycles. The Hall–Kier alpha value is -0.780. The quantitative estimate of drug-likeness (QED) is 0.535. The number of hydrogen-bond acceptors (Lipinski definition) is 0. The molecule has 0 heterocycles. The number of rotatable bonds is 0. The SMILES string of the molecule is C.C.C.Cc1ccc(C(C)(C)C)cc1. The number of hydrogen-bond donors (Lipinski definition) is 0. The summed E-state index contributed by atoms with van der Waals surface area (Å²) >= 11 is 0. The van der Waals surface area contributed by atoms with Crippen molar-refractivity contribution in [3.05, 3.63) is 35.4 Å². The molecule has 0 atom stereocenters. The lowest BCUT2D eigenvalue weighted by Crippen LogP contribution is -2.10. The van der Waals surface area contributed by atoms with Gasteiger partial charge in [-0.25, -0.2) is 0 Å². The Morgan fingerprint density at radius 2 is 1.14 bits per heavy atom. The maximum absolute atomic E-state index is 2.23. The van der Waals surface area contributed by atoms with Crippen LogP contribution in [0.1, 0.15) is 54.2 Å². The first-order chi connectivity index (χ1) is 5.00. The maximum Gasteiger partial charge on any atom is -0.0132 e. The van der Waals surface area contributed by atoms with Crippen LogP contribution in [0.15, 0.2) is 24.3 Å². The summed E-state index contributed by atoms with van der Waals surface area (Å²) in [6.07, 6.45) is 0. The van der Waals surface area contributed by atoms with Crippen LogP contribution in [0.4, 0.5) is 0 Å². The highest BCUT2D eigenvalue weighted by atomic mass is 14.2. The molecule has 0 aliphatic carbocycles. The molecule has 0 amide bonds. The Bertz CT molecular complexity index is 223. The highest BCUT2D eigenvalue weighted by Crippen LogP contribution is 2.21. The van der Waals surface area contributed by atoms with Gasteiger partial charge in [0.1, 0.15) is 0 Å². The molecule has 0 aliphatic rings. The summed E-state index contributed by atoms with van der Waals surface area (Å²) in [7, 11) is 0. The smallest absolute Gasteiger partial charge is 0.0132 e. The minimum Gasteiger partial charge on any atom is -0.0776 e. The molecule has 0 nitrogen and oxygen atoms in total. The van der Waals surface area contributed by atoms with Gasteiger partial charge in [0.15, 0.2) is 0 Å². The van der Waals surface area contributed by atoms with Crippen molar-refractivity contribution >= 4 is 0 Å². The second-order valence-corrected chi connectivity index (χ2v) is 4.12. The molecule has 0 radical (unpaired) electrons. The van der Waals surface area contributed by atoms with Crippen molar-refractivity contribution in [2.45, 2.75) is 55.4 Å². The lowest BCUT2D eigenvalue weighted by Gasteiger charge is -2.18. The van der Waals surface area contributed by atoms with Crippen LogP contribution in [0, 0.1) is 6.92 Å². The predicted octanol–water partition coefficient (Wildman–Crippen LogP) is 5.20. The van der Waals surface area contributed by atoms with Gasteiger partial charge in [-0.1, -0.05) is 72.9 Å². The van der Waals surface area contributed by atoms with Gasteiger partial charge in [-0.05, 0) is 17.9 Å². The van der Waals surface area contributed by atoms with Gasteiger partial charge >= 0.3 is 0 Å². The van der Waals surface area contributed by atoms with E-state index < -0.39 is 0 Å². The second kappa shape index (κ2) is 6.64. The van der Waals surface area contributed by atoms with Crippen LogP contribution in [0.2, 0.25) is 0 Å². The monoisotopic (exact) mass is 196 g/mol. The molecule has 0 N–H and O–H groups in total. The zero-order chi connectivity index (χ0) is 8.48. The second-order valence-electron chi connectivity index (χ2n) is 4.12. The fraction of sp³-hybridized carbons (Fsp3) is 0.571. The first-order valence-corrected chi connectivity index (χ1v) is 4.07. The van der Waals surface area contributed by atoms with Crippen molar-refractivity contribution in [1.29, 1.82) is 0 Å². The molecule has 84 valence electrons. The molecule has 0 unspecified atom stereocenters. The molecule has 0 fully saturated rings. The Labute approximate surface area is 91.4 Å². The van der Waals surface area contributed by atoms with E-state index in [-0.39, 0.29) is 27.7 Å². The van der Waals surface area contributed by atoms with Gasteiger partial charge in [0.2, 0.25) is 0 Å². The summed E-state index contributed by atoms with van der Waals surface area (Å²) in [5.41, 5.74) is 3.02. The van der Waals surface area contributed by atoms with Crippen molar-refractivity contribution in [1.82, 2.24) is 0 Å². The van der Waals surface area contributed by atoms with Gasteiger partial charge in [-0.15, -0.1) is 0 Å². The fourth-order valence-corrected chi connectivity index (χ4v) is 1.05. The molecule has 0 bridgehead atoms. The Morgan fingerprint density at radius 3 is 1.43 bits per heavy atom. The van der Waals surface area contributed by atoms with Crippen molar-refractivity contribution < 1.29 is 0 Å². The number of aryl methyl sites for hydroxylation is 1. The van der Waals surface area contributed by atoms with Crippen molar-refractivity contribution in [3.63, 3.8) is 0 Å². The molecular weight excluding hydrogens is 168 g/mol. The van der Waals surface area contributed by atoms with Crippen LogP contribution >= 0.6 is 0 Å². The molecule has 1 aromatic rings. The van der Waals surface area contributed by atoms with Crippen LogP contribution in [0.5, 0.6) is 0 Å². The summed E-state index contributed by atoms with van der Waals surface area (Å²) < 4.78 is 0. The summed E-state index contributed by atoms with van der Waals surface area (Å²) in [5.74, 6) is 0. The topological polar surface area (TPSA) is 0 Å². The fourth-order valence-electron chi connectivity index (χ4n) is 1.05. The summed E-state index contributed by atoms with van der Waals surface area (Å²) in [4.78, 5) is 0. The average Bonchev–Trinajstić information content (AvgIpc) is 1.86. The summed E-state index contributed by atoms with van der Waals surface area (Å²) in [5, 5.41) is 0. The minimum absolute atomic E-state index is 0. The van der Waals surface area contributed by atoms with Crippen LogP contribution in [0.25, 0.3) is 0 Å². The molecule has 0 spiro atoms. The van der Waals surface area contributed by atoms with Crippen molar-refractivity contribution in [2.75, 3.05) is 0 Å². The minimum atomic E-state index is 0. The van der Waals surface area contributed by atoms with Gasteiger partial charge in [-0.3, -0.25) is 0 Å². The molecule has 1 rings (SSSR count). The molecule has 1 aromatic carbocycles. The zero-order valence-corrected chi connectivity index (χ0v) is 7.81. The molecule has 14 heavy (non-hydrogen) atoms. The zero-order valence-electron chi connectivity index (χ0n) is 7.81. The van der Waals surface area contributed by atoms with Crippen LogP contribution in [-0.4, -0.2) is 0 Å². The third kappa shape index (κ3) is 5.06. The van der Waals surface area contributed by atoms with E-state index in [0.717, 1.165) is 0 Å². The summed E-state index contributed by atoms with van der Waals surface area (Å²) in [6.45, 7) is 8.82. The van der Waals surface area contributed by atoms with Crippen LogP contribution in [0.3, 0.4) is 0 Å². The van der Waals surface area contributed by atoms with Crippen LogP contribution < -0.4 is 0 Å². The van der Waals surface area contributed by atoms with Gasteiger partial charge in [0.05, 0.1) is 0 Å². The van der Waals surface area contributed by atoms with E-state index in [1.165, 1.54) is 11.1 Å². The average molecular weight is 196 g/mol. The van der Waals surface area contributed by atoms with E-state index in [0.29, 0.717) is 0 Å². The molecule has 0 aromatic heterocycles. The van der Waals surface area contributed by atoms with E-state index >= 15 is 0 Å². The first-order valence-electron chi connectivity index (χ1n) is 4.07. The largest absolute Gasteiger partial charge is 0.0776 e. The van der Waals surface area contributed by atoms with E-state index in [9.17, 15) is 0 Å². The molecular formula is C14H28. The maximum atomic E-state index is 2.23. The molecule has 0 saturated carbocycles. The standard InChI is InChI=1S/C11H16.3CH4/c1-9-5-7-10(8-6-9)11(2,3)4;;;/h5-8H,1-4H3;3*1H4. The van der Waals surface area contributed by atoms with Crippen molar-refractivity contribution in [2.24, 2.45) is 0 Å². The predicted molar refractivity (Wildman–Crippen MR) is 70.1 cm³/mol. The lowest BCUT2D eigenvalue weighted by atomic mass is 9.87. The summed E-state index contributed by atoms with van der Waals surface area (Å²) in [6, 6.07) is 8.74. The third-order valence-electron chi connectivity index (χ3n) is 1.92. The number of benzene rings is 1. The van der Waals surface area contributed by atoms with E-state index in [2.05, 4.69) is 52.0 Å². The normalized spacial score (nSPS) is 9.14. The van der Waals surface area contributed by atoms with Gasteiger partial charge in [0, 0.05) is 0 Å². The first kappa shape index (κ1) is 18.9. The molecule has 0 aliphatic heterocycles. The van der Waals surface area contributed by atoms with E-state index in [1.807, 2.05) is 0 Å². The lowest BCUT2D eigenvalue weighted by molar-refractivity contribution is 0.590. The van der Waals surface area contributed by atoms with Crippen molar-refractivity contribution in [3.8, 4) is 0 Å². The highest BCUT2D eigenvalue weighted by Gasteiger charge is 2.11. The molecule has 0 heteroatoms. The van der Waals surface area contributed by atoms with Gasteiger partial charge in [-0.2, -0.15) is 0 Å². The Kier molecular flexibility index (Phi) is 8.97. The Balaban J connectivity index is -0.000000403. The third-order valence-corrected chi connectivity index (χ3v) is 1.92. The Morgan fingerprint density at radius 1 is 0.786 bits per heavy atom.